The normalized spacial score (nSPS) is 11.7. The van der Waals surface area contributed by atoms with Crippen molar-refractivity contribution in [3.05, 3.63) is 86.6 Å². The van der Waals surface area contributed by atoms with Crippen molar-refractivity contribution in [1.29, 1.82) is 0 Å². The lowest BCUT2D eigenvalue weighted by molar-refractivity contribution is -0.139. The number of para-hydroxylation sites is 1. The van der Waals surface area contributed by atoms with E-state index in [2.05, 4.69) is 26.0 Å². The molecule has 0 saturated carbocycles. The first kappa shape index (κ1) is 26.9. The summed E-state index contributed by atoms with van der Waals surface area (Å²) in [4.78, 5) is 28.7. The highest BCUT2D eigenvalue weighted by molar-refractivity contribution is 9.10. The fourth-order valence-corrected chi connectivity index (χ4v) is 4.15. The van der Waals surface area contributed by atoms with Crippen LogP contribution in [0.25, 0.3) is 22.3 Å². The maximum Gasteiger partial charge on any atom is 0.416 e. The second kappa shape index (κ2) is 11.1. The number of carbonyl (C=O) groups is 1. The summed E-state index contributed by atoms with van der Waals surface area (Å²) < 4.78 is 52.3. The molecule has 1 heterocycles. The molecule has 38 heavy (non-hydrogen) atoms. The molecule has 0 bridgehead atoms. The van der Waals surface area contributed by atoms with Gasteiger partial charge in [-0.15, -0.1) is 0 Å². The molecule has 12 heteroatoms. The van der Waals surface area contributed by atoms with E-state index in [0.717, 1.165) is 16.8 Å². The minimum Gasteiger partial charge on any atom is -0.490 e. The Morgan fingerprint density at radius 2 is 1.89 bits per heavy atom. The van der Waals surface area contributed by atoms with Crippen LogP contribution in [0.5, 0.6) is 11.5 Å². The molecule has 0 aliphatic carbocycles. The van der Waals surface area contributed by atoms with Gasteiger partial charge in [-0.05, 0) is 64.8 Å². The number of aromatic nitrogens is 2. The van der Waals surface area contributed by atoms with Crippen LogP contribution in [0.2, 0.25) is 0 Å². The second-order valence-electron chi connectivity index (χ2n) is 7.84. The number of benzene rings is 3. The highest BCUT2D eigenvalue weighted by atomic mass is 79.9. The predicted octanol–water partition coefficient (Wildman–Crippen LogP) is 5.59. The number of nitrogens with zero attached hydrogens (tertiary/aromatic N) is 3. The van der Waals surface area contributed by atoms with Crippen molar-refractivity contribution in [2.24, 2.45) is 5.10 Å². The molecule has 0 spiro atoms. The summed E-state index contributed by atoms with van der Waals surface area (Å²) in [7, 11) is 0. The van der Waals surface area contributed by atoms with Crippen LogP contribution in [0.1, 0.15) is 18.1 Å². The van der Waals surface area contributed by atoms with E-state index in [1.807, 2.05) is 0 Å². The second-order valence-corrected chi connectivity index (χ2v) is 8.69. The minimum absolute atomic E-state index is 0.0495. The van der Waals surface area contributed by atoms with E-state index >= 15 is 0 Å². The Kier molecular flexibility index (Phi) is 7.81. The van der Waals surface area contributed by atoms with Crippen molar-refractivity contribution >= 4 is 39.0 Å². The first-order valence-electron chi connectivity index (χ1n) is 11.1. The average Bonchev–Trinajstić information content (AvgIpc) is 2.87. The summed E-state index contributed by atoms with van der Waals surface area (Å²) in [6, 6.07) is 14.0. The number of rotatable bonds is 8. The first-order valence-corrected chi connectivity index (χ1v) is 11.9. The molecule has 1 N–H and O–H groups in total. The number of ether oxygens (including phenoxy) is 2. The molecular weight excluding hydrogens is 571 g/mol. The molecule has 196 valence electrons. The lowest BCUT2D eigenvalue weighted by atomic mass is 10.1. The molecule has 3 aromatic carbocycles. The number of aliphatic carboxylic acids is 1. The van der Waals surface area contributed by atoms with Gasteiger partial charge >= 0.3 is 12.1 Å². The molecule has 0 amide bonds. The standard InChI is InChI=1S/C26H19BrF3N3O5/c1-2-37-21-11-15(10-19(27)23(21)38-14-22(34)35)13-31-33-24(16-6-5-7-17(12-16)26(28,29)30)32-20-9-4-3-8-18(20)25(33)36/h3-13H,2,14H2,1H3,(H,34,35). The van der Waals surface area contributed by atoms with Crippen LogP contribution in [0.15, 0.2) is 75.0 Å². The molecule has 4 rings (SSSR count). The van der Waals surface area contributed by atoms with Gasteiger partial charge in [-0.25, -0.2) is 9.78 Å². The number of hydrogen-bond acceptors (Lipinski definition) is 6. The van der Waals surface area contributed by atoms with E-state index < -0.39 is 29.9 Å². The molecule has 0 atom stereocenters. The maximum atomic E-state index is 13.4. The van der Waals surface area contributed by atoms with Gasteiger partial charge in [0.05, 0.1) is 33.8 Å². The van der Waals surface area contributed by atoms with Crippen LogP contribution in [-0.2, 0) is 11.0 Å². The van der Waals surface area contributed by atoms with Crippen LogP contribution >= 0.6 is 15.9 Å². The average molecular weight is 590 g/mol. The van der Waals surface area contributed by atoms with Crippen molar-refractivity contribution in [2.45, 2.75) is 13.1 Å². The zero-order valence-electron chi connectivity index (χ0n) is 19.7. The van der Waals surface area contributed by atoms with E-state index in [-0.39, 0.29) is 34.9 Å². The van der Waals surface area contributed by atoms with Crippen LogP contribution in [0.3, 0.4) is 0 Å². The maximum absolute atomic E-state index is 13.4. The van der Waals surface area contributed by atoms with E-state index in [9.17, 15) is 22.8 Å². The van der Waals surface area contributed by atoms with Gasteiger partial charge in [0.15, 0.2) is 23.9 Å². The molecule has 8 nitrogen and oxygen atoms in total. The van der Waals surface area contributed by atoms with Crippen molar-refractivity contribution in [3.8, 4) is 22.9 Å². The van der Waals surface area contributed by atoms with E-state index in [4.69, 9.17) is 14.6 Å². The van der Waals surface area contributed by atoms with Crippen LogP contribution in [-0.4, -0.2) is 40.2 Å². The van der Waals surface area contributed by atoms with Gasteiger partial charge in [0.25, 0.3) is 5.56 Å². The number of carboxylic acid groups (broad SMARTS) is 1. The monoisotopic (exact) mass is 589 g/mol. The number of hydrogen-bond donors (Lipinski definition) is 1. The Bertz CT molecular complexity index is 1600. The van der Waals surface area contributed by atoms with Gasteiger partial charge in [-0.3, -0.25) is 4.79 Å². The summed E-state index contributed by atoms with van der Waals surface area (Å²) in [6.07, 6.45) is -3.28. The number of halogens is 4. The van der Waals surface area contributed by atoms with Crippen LogP contribution in [0, 0.1) is 0 Å². The smallest absolute Gasteiger partial charge is 0.416 e. The molecule has 0 aliphatic rings. The number of fused-ring (bicyclic) bond motifs is 1. The third kappa shape index (κ3) is 5.86. The van der Waals surface area contributed by atoms with Crippen molar-refractivity contribution in [1.82, 2.24) is 9.66 Å². The molecule has 0 radical (unpaired) electrons. The van der Waals surface area contributed by atoms with E-state index in [1.54, 1.807) is 37.3 Å². The number of alkyl halides is 3. The van der Waals surface area contributed by atoms with Crippen LogP contribution < -0.4 is 15.0 Å². The third-order valence-corrected chi connectivity index (χ3v) is 5.78. The molecule has 0 unspecified atom stereocenters. The SMILES string of the molecule is CCOc1cc(C=Nn2c(-c3cccc(C(F)(F)F)c3)nc3ccccc3c2=O)cc(Br)c1OCC(=O)O. The molecule has 0 saturated heterocycles. The zero-order chi connectivity index (χ0) is 27.4. The Hall–Kier alpha value is -4.19. The summed E-state index contributed by atoms with van der Waals surface area (Å²) in [5, 5.41) is 13.4. The molecule has 4 aromatic rings. The lowest BCUT2D eigenvalue weighted by Gasteiger charge is -2.14. The molecule has 1 aromatic heterocycles. The van der Waals surface area contributed by atoms with E-state index in [0.29, 0.717) is 15.6 Å². The van der Waals surface area contributed by atoms with Crippen LogP contribution in [0.4, 0.5) is 13.2 Å². The van der Waals surface area contributed by atoms with Gasteiger partial charge in [0.2, 0.25) is 0 Å². The Balaban J connectivity index is 1.85. The van der Waals surface area contributed by atoms with Gasteiger partial charge < -0.3 is 14.6 Å². The highest BCUT2D eigenvalue weighted by Crippen LogP contribution is 2.37. The number of carboxylic acids is 1. The zero-order valence-corrected chi connectivity index (χ0v) is 21.3. The Morgan fingerprint density at radius 3 is 2.61 bits per heavy atom. The third-order valence-electron chi connectivity index (χ3n) is 5.20. The van der Waals surface area contributed by atoms with Gasteiger partial charge in [-0.1, -0.05) is 24.3 Å². The Labute approximate surface area is 222 Å². The fourth-order valence-electron chi connectivity index (χ4n) is 3.58. The quantitative estimate of drug-likeness (QED) is 0.269. The first-order chi connectivity index (χ1) is 18.1. The lowest BCUT2D eigenvalue weighted by Crippen LogP contribution is -2.20. The summed E-state index contributed by atoms with van der Waals surface area (Å²) in [6.45, 7) is 1.39. The van der Waals surface area contributed by atoms with Gasteiger partial charge in [0, 0.05) is 5.56 Å². The topological polar surface area (TPSA) is 103 Å². The molecule has 0 aliphatic heterocycles. The summed E-state index contributed by atoms with van der Waals surface area (Å²) in [5.41, 5.74) is -0.691. The minimum atomic E-state index is -4.59. The van der Waals surface area contributed by atoms with Crippen molar-refractivity contribution in [3.63, 3.8) is 0 Å². The highest BCUT2D eigenvalue weighted by Gasteiger charge is 2.31. The van der Waals surface area contributed by atoms with Crippen molar-refractivity contribution < 1.29 is 32.5 Å². The predicted molar refractivity (Wildman–Crippen MR) is 138 cm³/mol. The summed E-state index contributed by atoms with van der Waals surface area (Å²) in [5.74, 6) is -0.857. The molecule has 0 fully saturated rings. The largest absolute Gasteiger partial charge is 0.490 e. The summed E-state index contributed by atoms with van der Waals surface area (Å²) >= 11 is 3.32. The van der Waals surface area contributed by atoms with Gasteiger partial charge in [-0.2, -0.15) is 22.9 Å². The van der Waals surface area contributed by atoms with Gasteiger partial charge in [0.1, 0.15) is 0 Å². The fraction of sp³-hybridized carbons (Fsp3) is 0.154. The molecular formula is C26H19BrF3N3O5. The van der Waals surface area contributed by atoms with Crippen molar-refractivity contribution in [2.75, 3.05) is 13.2 Å². The van der Waals surface area contributed by atoms with E-state index in [1.165, 1.54) is 24.4 Å². The Morgan fingerprint density at radius 1 is 1.13 bits per heavy atom.